The molecule has 5 rings (SSSR count). The topological polar surface area (TPSA) is 54.9 Å². The average Bonchev–Trinajstić information content (AvgIpc) is 2.86. The summed E-state index contributed by atoms with van der Waals surface area (Å²) in [6.45, 7) is 10.9. The van der Waals surface area contributed by atoms with Crippen molar-refractivity contribution in [2.24, 2.45) is 5.41 Å². The molecule has 3 aromatic rings. The van der Waals surface area contributed by atoms with Crippen molar-refractivity contribution in [2.45, 2.75) is 52.7 Å². The number of rotatable bonds is 5. The van der Waals surface area contributed by atoms with Crippen LogP contribution in [0.1, 0.15) is 44.9 Å². The van der Waals surface area contributed by atoms with Gasteiger partial charge in [0.2, 0.25) is 5.88 Å². The molecule has 0 aliphatic carbocycles. The van der Waals surface area contributed by atoms with Gasteiger partial charge in [0, 0.05) is 42.9 Å². The summed E-state index contributed by atoms with van der Waals surface area (Å²) in [6, 6.07) is 19.2. The number of piperidine rings is 1. The Bertz CT molecular complexity index is 1290. The monoisotopic (exact) mass is 517 g/mol. The summed E-state index contributed by atoms with van der Waals surface area (Å²) < 4.78 is 26.9. The molecule has 1 spiro atoms. The molecule has 6 nitrogen and oxygen atoms in total. The number of anilines is 1. The van der Waals surface area contributed by atoms with E-state index in [0.29, 0.717) is 31.3 Å². The maximum Gasteiger partial charge on any atom is 0.410 e. The predicted molar refractivity (Wildman–Crippen MR) is 147 cm³/mol. The maximum absolute atomic E-state index is 15.4. The second-order valence-corrected chi connectivity index (χ2v) is 11.6. The van der Waals surface area contributed by atoms with Crippen LogP contribution in [0.2, 0.25) is 0 Å². The first-order chi connectivity index (χ1) is 18.1. The highest BCUT2D eigenvalue weighted by molar-refractivity contribution is 5.71. The van der Waals surface area contributed by atoms with E-state index in [0.717, 1.165) is 48.3 Å². The van der Waals surface area contributed by atoms with Gasteiger partial charge in [-0.15, -0.1) is 0 Å². The van der Waals surface area contributed by atoms with Gasteiger partial charge in [-0.05, 0) is 75.9 Å². The molecule has 2 aliphatic heterocycles. The molecule has 2 fully saturated rings. The van der Waals surface area contributed by atoms with Gasteiger partial charge in [-0.25, -0.2) is 14.2 Å². The lowest BCUT2D eigenvalue weighted by Gasteiger charge is -2.55. The highest BCUT2D eigenvalue weighted by Gasteiger charge is 2.46. The van der Waals surface area contributed by atoms with E-state index in [4.69, 9.17) is 9.47 Å². The zero-order chi connectivity index (χ0) is 26.9. The number of likely N-dealkylation sites (tertiary alicyclic amines) is 1. The van der Waals surface area contributed by atoms with Gasteiger partial charge in [0.05, 0.1) is 5.69 Å². The van der Waals surface area contributed by atoms with Crippen molar-refractivity contribution in [2.75, 3.05) is 31.1 Å². The highest BCUT2D eigenvalue weighted by atomic mass is 19.1. The van der Waals surface area contributed by atoms with Crippen LogP contribution < -0.4 is 9.64 Å². The average molecular weight is 518 g/mol. The minimum atomic E-state index is -0.493. The molecule has 38 heavy (non-hydrogen) atoms. The molecule has 0 radical (unpaired) electrons. The lowest BCUT2D eigenvalue weighted by atomic mass is 9.72. The number of amides is 1. The van der Waals surface area contributed by atoms with Crippen LogP contribution in [0.5, 0.6) is 5.88 Å². The van der Waals surface area contributed by atoms with E-state index in [1.165, 1.54) is 0 Å². The summed E-state index contributed by atoms with van der Waals surface area (Å²) in [7, 11) is 0. The molecule has 0 saturated carbocycles. The van der Waals surface area contributed by atoms with Gasteiger partial charge in [0.15, 0.2) is 0 Å². The summed E-state index contributed by atoms with van der Waals surface area (Å²) >= 11 is 0. The van der Waals surface area contributed by atoms with Gasteiger partial charge < -0.3 is 19.3 Å². The van der Waals surface area contributed by atoms with E-state index in [2.05, 4.69) is 9.88 Å². The number of hydrogen-bond acceptors (Lipinski definition) is 5. The van der Waals surface area contributed by atoms with E-state index in [9.17, 15) is 4.79 Å². The summed E-state index contributed by atoms with van der Waals surface area (Å²) in [5.41, 5.74) is 3.65. The number of hydrogen-bond donors (Lipinski definition) is 0. The lowest BCUT2D eigenvalue weighted by Crippen LogP contribution is -2.61. The molecular weight excluding hydrogens is 481 g/mol. The molecule has 200 valence electrons. The SMILES string of the molecule is Cc1ccc(-c2ccc(N3CC4(CCN(C(=O)OC(C)(C)C)CC4)C3)c(F)c2)c(OCc2ccccc2)n1. The molecule has 1 amide bonds. The zero-order valence-electron chi connectivity index (χ0n) is 22.7. The van der Waals surface area contributed by atoms with Crippen LogP contribution in [-0.4, -0.2) is 47.8 Å². The Morgan fingerprint density at radius 3 is 2.39 bits per heavy atom. The number of pyridine rings is 1. The first-order valence-electron chi connectivity index (χ1n) is 13.3. The van der Waals surface area contributed by atoms with Crippen molar-refractivity contribution < 1.29 is 18.7 Å². The van der Waals surface area contributed by atoms with Gasteiger partial charge in [-0.2, -0.15) is 0 Å². The Balaban J connectivity index is 1.23. The Hall–Kier alpha value is -3.61. The van der Waals surface area contributed by atoms with Crippen LogP contribution >= 0.6 is 0 Å². The summed E-state index contributed by atoms with van der Waals surface area (Å²) in [4.78, 5) is 20.9. The number of carbonyl (C=O) groups excluding carboxylic acids is 1. The number of carbonyl (C=O) groups is 1. The second kappa shape index (κ2) is 10.3. The molecular formula is C31H36FN3O3. The number of halogens is 1. The first-order valence-corrected chi connectivity index (χ1v) is 13.3. The summed E-state index contributed by atoms with van der Waals surface area (Å²) in [6.07, 6.45) is 1.56. The largest absolute Gasteiger partial charge is 0.472 e. The fourth-order valence-electron chi connectivity index (χ4n) is 5.26. The van der Waals surface area contributed by atoms with Gasteiger partial charge in [0.25, 0.3) is 0 Å². The van der Waals surface area contributed by atoms with Gasteiger partial charge in [0.1, 0.15) is 18.0 Å². The van der Waals surface area contributed by atoms with Crippen LogP contribution in [0.4, 0.5) is 14.9 Å². The number of aromatic nitrogens is 1. The Labute approximate surface area is 224 Å². The molecule has 7 heteroatoms. The molecule has 3 heterocycles. The van der Waals surface area contributed by atoms with Crippen molar-refractivity contribution in [1.29, 1.82) is 0 Å². The third-order valence-corrected chi connectivity index (χ3v) is 7.35. The standard InChI is InChI=1S/C31H36FN3O3/c1-22-10-12-25(28(33-22)37-19-23-8-6-5-7-9-23)24-11-13-27(26(32)18-24)35-20-31(21-35)14-16-34(17-15-31)29(36)38-30(2,3)4/h5-13,18H,14-17,19-21H2,1-4H3. The van der Waals surface area contributed by atoms with E-state index in [-0.39, 0.29) is 17.3 Å². The molecule has 1 aromatic heterocycles. The zero-order valence-corrected chi connectivity index (χ0v) is 22.7. The molecule has 2 aliphatic rings. The van der Waals surface area contributed by atoms with Crippen molar-refractivity contribution >= 4 is 11.8 Å². The second-order valence-electron chi connectivity index (χ2n) is 11.6. The van der Waals surface area contributed by atoms with Crippen molar-refractivity contribution in [3.8, 4) is 17.0 Å². The summed E-state index contributed by atoms with van der Waals surface area (Å²) in [5, 5.41) is 0. The van der Waals surface area contributed by atoms with Crippen LogP contribution in [0.25, 0.3) is 11.1 Å². The van der Waals surface area contributed by atoms with Crippen LogP contribution in [0.15, 0.2) is 60.7 Å². The fraction of sp³-hybridized carbons (Fsp3) is 0.419. The van der Waals surface area contributed by atoms with Crippen LogP contribution in [0, 0.1) is 18.2 Å². The van der Waals surface area contributed by atoms with Crippen molar-refractivity contribution in [3.63, 3.8) is 0 Å². The normalized spacial score (nSPS) is 16.8. The van der Waals surface area contributed by atoms with Gasteiger partial charge >= 0.3 is 6.09 Å². The maximum atomic E-state index is 15.4. The molecule has 0 atom stereocenters. The van der Waals surface area contributed by atoms with E-state index >= 15 is 4.39 Å². The third-order valence-electron chi connectivity index (χ3n) is 7.35. The van der Waals surface area contributed by atoms with Crippen LogP contribution in [-0.2, 0) is 11.3 Å². The quantitative estimate of drug-likeness (QED) is 0.381. The molecule has 2 saturated heterocycles. The Morgan fingerprint density at radius 1 is 1.03 bits per heavy atom. The number of benzene rings is 2. The number of nitrogens with zero attached hydrogens (tertiary/aromatic N) is 3. The van der Waals surface area contributed by atoms with E-state index in [1.807, 2.05) is 82.3 Å². The third kappa shape index (κ3) is 5.77. The van der Waals surface area contributed by atoms with Gasteiger partial charge in [-0.3, -0.25) is 0 Å². The van der Waals surface area contributed by atoms with Crippen LogP contribution in [0.3, 0.4) is 0 Å². The first kappa shape index (κ1) is 26.0. The molecule has 0 bridgehead atoms. The number of ether oxygens (including phenoxy) is 2. The fourth-order valence-corrected chi connectivity index (χ4v) is 5.26. The predicted octanol–water partition coefficient (Wildman–Crippen LogP) is 6.61. The molecule has 0 unspecified atom stereocenters. The molecule has 2 aromatic carbocycles. The smallest absolute Gasteiger partial charge is 0.410 e. The Morgan fingerprint density at radius 2 is 1.74 bits per heavy atom. The van der Waals surface area contributed by atoms with Gasteiger partial charge in [-0.1, -0.05) is 36.4 Å². The highest BCUT2D eigenvalue weighted by Crippen LogP contribution is 2.44. The molecule has 0 N–H and O–H groups in total. The minimum Gasteiger partial charge on any atom is -0.472 e. The Kier molecular flexibility index (Phi) is 7.03. The minimum absolute atomic E-state index is 0.128. The summed E-state index contributed by atoms with van der Waals surface area (Å²) in [5.74, 6) is 0.249. The van der Waals surface area contributed by atoms with E-state index < -0.39 is 5.60 Å². The van der Waals surface area contributed by atoms with Crippen molar-refractivity contribution in [1.82, 2.24) is 9.88 Å². The number of aryl methyl sites for hydroxylation is 1. The van der Waals surface area contributed by atoms with Crippen molar-refractivity contribution in [3.05, 3.63) is 77.7 Å². The van der Waals surface area contributed by atoms with E-state index in [1.54, 1.807) is 11.0 Å². The lowest BCUT2D eigenvalue weighted by molar-refractivity contribution is 0.00593.